The third-order valence-electron chi connectivity index (χ3n) is 5.12. The van der Waals surface area contributed by atoms with Crippen LogP contribution in [0.15, 0.2) is 84.9 Å². The van der Waals surface area contributed by atoms with Gasteiger partial charge in [0.2, 0.25) is 0 Å². The van der Waals surface area contributed by atoms with Crippen molar-refractivity contribution in [2.24, 2.45) is 11.7 Å². The minimum absolute atomic E-state index is 0.118. The molecule has 0 amide bonds. The number of benzene rings is 3. The average Bonchev–Trinajstić information content (AvgIpc) is 2.78. The lowest BCUT2D eigenvalue weighted by Crippen LogP contribution is -2.32. The molecule has 0 heterocycles. The highest BCUT2D eigenvalue weighted by Crippen LogP contribution is 2.31. The molecule has 0 radical (unpaired) electrons. The molecular weight excluding hydrogens is 426 g/mol. The summed E-state index contributed by atoms with van der Waals surface area (Å²) in [6.07, 6.45) is 1.57. The van der Waals surface area contributed by atoms with Crippen LogP contribution in [0.3, 0.4) is 0 Å². The molecule has 0 aliphatic rings. The second-order valence-corrected chi connectivity index (χ2v) is 9.16. The number of esters is 1. The SMILES string of the molecule is CS(=O)(=O)Oc1ccc(C(Cc2ccccc2)C(CN)C(=O)OCc2ccccc2)cc1. The molecule has 2 N–H and O–H groups in total. The van der Waals surface area contributed by atoms with Crippen LogP contribution < -0.4 is 9.92 Å². The van der Waals surface area contributed by atoms with Crippen molar-refractivity contribution in [2.45, 2.75) is 18.9 Å². The van der Waals surface area contributed by atoms with Gasteiger partial charge < -0.3 is 14.7 Å². The fourth-order valence-electron chi connectivity index (χ4n) is 3.57. The predicted octanol–water partition coefficient (Wildman–Crippen LogP) is 3.67. The van der Waals surface area contributed by atoms with Gasteiger partial charge in [-0.1, -0.05) is 72.8 Å². The molecule has 2 atom stereocenters. The number of ether oxygens (including phenoxy) is 1. The van der Waals surface area contributed by atoms with Crippen LogP contribution >= 0.6 is 0 Å². The topological polar surface area (TPSA) is 95.7 Å². The van der Waals surface area contributed by atoms with Gasteiger partial charge in [-0.3, -0.25) is 4.79 Å². The van der Waals surface area contributed by atoms with Gasteiger partial charge in [0.15, 0.2) is 0 Å². The van der Waals surface area contributed by atoms with Crippen LogP contribution in [0.25, 0.3) is 0 Å². The van der Waals surface area contributed by atoms with Gasteiger partial charge in [-0.05, 0) is 35.2 Å². The lowest BCUT2D eigenvalue weighted by Gasteiger charge is -2.25. The largest absolute Gasteiger partial charge is 0.461 e. The summed E-state index contributed by atoms with van der Waals surface area (Å²) in [6.45, 7) is 0.294. The molecule has 0 fully saturated rings. The lowest BCUT2D eigenvalue weighted by molar-refractivity contribution is -0.150. The fraction of sp³-hybridized carbons (Fsp3) is 0.240. The predicted molar refractivity (Wildman–Crippen MR) is 124 cm³/mol. The molecule has 0 saturated carbocycles. The van der Waals surface area contributed by atoms with E-state index in [0.717, 1.165) is 22.9 Å². The highest BCUT2D eigenvalue weighted by molar-refractivity contribution is 7.86. The first kappa shape index (κ1) is 23.5. The van der Waals surface area contributed by atoms with Crippen molar-refractivity contribution in [1.82, 2.24) is 0 Å². The Labute approximate surface area is 189 Å². The molecule has 0 aromatic heterocycles. The molecule has 3 aromatic rings. The highest BCUT2D eigenvalue weighted by Gasteiger charge is 2.30. The molecule has 0 bridgehead atoms. The second kappa shape index (κ2) is 10.9. The van der Waals surface area contributed by atoms with Crippen LogP contribution in [0.1, 0.15) is 22.6 Å². The van der Waals surface area contributed by atoms with Gasteiger partial charge in [0.25, 0.3) is 0 Å². The van der Waals surface area contributed by atoms with E-state index in [-0.39, 0.29) is 30.8 Å². The van der Waals surface area contributed by atoms with Crippen molar-refractivity contribution >= 4 is 16.1 Å². The molecule has 0 spiro atoms. The lowest BCUT2D eigenvalue weighted by atomic mass is 9.81. The maximum absolute atomic E-state index is 13.0. The molecule has 32 heavy (non-hydrogen) atoms. The van der Waals surface area contributed by atoms with Crippen LogP contribution in [0.5, 0.6) is 5.75 Å². The van der Waals surface area contributed by atoms with Crippen molar-refractivity contribution in [3.8, 4) is 5.75 Å². The normalized spacial score (nSPS) is 13.2. The zero-order chi connectivity index (χ0) is 23.0. The first-order valence-corrected chi connectivity index (χ1v) is 12.1. The molecule has 6 nitrogen and oxygen atoms in total. The molecule has 168 valence electrons. The van der Waals surface area contributed by atoms with Gasteiger partial charge >= 0.3 is 16.1 Å². The number of nitrogens with two attached hydrogens (primary N) is 1. The molecule has 7 heteroatoms. The van der Waals surface area contributed by atoms with Gasteiger partial charge in [-0.2, -0.15) is 8.42 Å². The minimum atomic E-state index is -3.62. The third kappa shape index (κ3) is 6.93. The Morgan fingerprint density at radius 1 is 0.875 bits per heavy atom. The van der Waals surface area contributed by atoms with Crippen LogP contribution in [0.4, 0.5) is 0 Å². The summed E-state index contributed by atoms with van der Waals surface area (Å²) in [5, 5.41) is 0. The number of hydrogen-bond donors (Lipinski definition) is 1. The van der Waals surface area contributed by atoms with Gasteiger partial charge in [-0.25, -0.2) is 0 Å². The number of hydrogen-bond acceptors (Lipinski definition) is 6. The molecule has 3 aromatic carbocycles. The van der Waals surface area contributed by atoms with Crippen molar-refractivity contribution in [3.63, 3.8) is 0 Å². The van der Waals surface area contributed by atoms with E-state index in [2.05, 4.69) is 0 Å². The third-order valence-corrected chi connectivity index (χ3v) is 5.62. The van der Waals surface area contributed by atoms with Crippen LogP contribution in [0, 0.1) is 5.92 Å². The van der Waals surface area contributed by atoms with Crippen LogP contribution in [0.2, 0.25) is 0 Å². The van der Waals surface area contributed by atoms with E-state index >= 15 is 0 Å². The van der Waals surface area contributed by atoms with E-state index in [0.29, 0.717) is 6.42 Å². The summed E-state index contributed by atoms with van der Waals surface area (Å²) in [5.41, 5.74) is 8.85. The average molecular weight is 454 g/mol. The Bertz CT molecular complexity index is 1100. The van der Waals surface area contributed by atoms with E-state index in [1.54, 1.807) is 24.3 Å². The molecular formula is C25H27NO5S. The van der Waals surface area contributed by atoms with Gasteiger partial charge in [0.05, 0.1) is 12.2 Å². The van der Waals surface area contributed by atoms with Crippen molar-refractivity contribution in [1.29, 1.82) is 0 Å². The molecule has 0 aliphatic carbocycles. The van der Waals surface area contributed by atoms with Crippen LogP contribution in [-0.2, 0) is 32.7 Å². The standard InChI is InChI=1S/C25H27NO5S/c1-32(28,29)31-22-14-12-21(13-15-22)23(16-19-8-4-2-5-9-19)24(17-26)25(27)30-18-20-10-6-3-7-11-20/h2-15,23-24H,16-18,26H2,1H3. The van der Waals surface area contributed by atoms with Crippen molar-refractivity contribution < 1.29 is 22.1 Å². The van der Waals surface area contributed by atoms with E-state index in [1.807, 2.05) is 60.7 Å². The monoisotopic (exact) mass is 453 g/mol. The maximum Gasteiger partial charge on any atom is 0.311 e. The maximum atomic E-state index is 13.0. The summed E-state index contributed by atoms with van der Waals surface area (Å²) in [7, 11) is -3.62. The molecule has 0 aliphatic heterocycles. The fourth-order valence-corrected chi connectivity index (χ4v) is 4.03. The van der Waals surface area contributed by atoms with Crippen molar-refractivity contribution in [2.75, 3.05) is 12.8 Å². The minimum Gasteiger partial charge on any atom is -0.461 e. The van der Waals surface area contributed by atoms with E-state index in [1.165, 1.54) is 0 Å². The summed E-state index contributed by atoms with van der Waals surface area (Å²) in [6, 6.07) is 26.0. The smallest absolute Gasteiger partial charge is 0.311 e. The molecule has 3 rings (SSSR count). The van der Waals surface area contributed by atoms with Gasteiger partial charge in [0.1, 0.15) is 12.4 Å². The number of rotatable bonds is 10. The van der Waals surface area contributed by atoms with E-state index in [9.17, 15) is 13.2 Å². The molecule has 2 unspecified atom stereocenters. The first-order chi connectivity index (χ1) is 15.4. The number of carbonyl (C=O) groups excluding carboxylic acids is 1. The zero-order valence-electron chi connectivity index (χ0n) is 17.9. The van der Waals surface area contributed by atoms with Gasteiger partial charge in [0, 0.05) is 12.5 Å². The number of carbonyl (C=O) groups is 1. The zero-order valence-corrected chi connectivity index (χ0v) is 18.7. The Hall–Kier alpha value is -3.16. The van der Waals surface area contributed by atoms with E-state index < -0.39 is 16.0 Å². The van der Waals surface area contributed by atoms with Gasteiger partial charge in [-0.15, -0.1) is 0 Å². The first-order valence-electron chi connectivity index (χ1n) is 10.3. The Morgan fingerprint density at radius 2 is 1.44 bits per heavy atom. The van der Waals surface area contributed by atoms with Crippen LogP contribution in [-0.4, -0.2) is 27.2 Å². The quantitative estimate of drug-likeness (QED) is 0.372. The summed E-state index contributed by atoms with van der Waals surface area (Å²) < 4.78 is 33.3. The second-order valence-electron chi connectivity index (χ2n) is 7.59. The van der Waals surface area contributed by atoms with Crippen molar-refractivity contribution in [3.05, 3.63) is 102 Å². The molecule has 0 saturated heterocycles. The summed E-state index contributed by atoms with van der Waals surface area (Å²) in [4.78, 5) is 13.0. The Balaban J connectivity index is 1.84. The Morgan fingerprint density at radius 3 is 1.97 bits per heavy atom. The Kier molecular flexibility index (Phi) is 8.03. The highest BCUT2D eigenvalue weighted by atomic mass is 32.2. The summed E-state index contributed by atoms with van der Waals surface area (Å²) in [5.74, 6) is -0.974. The van der Waals surface area contributed by atoms with E-state index in [4.69, 9.17) is 14.7 Å². The summed E-state index contributed by atoms with van der Waals surface area (Å²) >= 11 is 0.